The maximum absolute atomic E-state index is 2.18. The Balaban J connectivity index is 1.51. The summed E-state index contributed by atoms with van der Waals surface area (Å²) < 4.78 is 0. The van der Waals surface area contributed by atoms with E-state index in [0.29, 0.717) is 16.2 Å². The Labute approximate surface area is 187 Å². The van der Waals surface area contributed by atoms with E-state index in [-0.39, 0.29) is 0 Å². The van der Waals surface area contributed by atoms with Gasteiger partial charge in [-0.2, -0.15) is 0 Å². The molecule has 0 heterocycles. The van der Waals surface area contributed by atoms with E-state index in [1.54, 1.807) is 135 Å². The minimum atomic E-state index is 0.650. The maximum Gasteiger partial charge on any atom is -0.0122 e. The lowest BCUT2D eigenvalue weighted by Gasteiger charge is -2.69. The lowest BCUT2D eigenvalue weighted by molar-refractivity contribution is -0.153. The molecule has 1 atom stereocenters. The molecule has 1 radical (unpaired) electrons. The molecule has 7 fully saturated rings. The maximum atomic E-state index is 2.18. The van der Waals surface area contributed by atoms with Crippen LogP contribution in [0.4, 0.5) is 0 Å². The molecule has 7 aliphatic rings. The molecular formula is C30H49. The summed E-state index contributed by atoms with van der Waals surface area (Å²) in [6, 6.07) is 0. The summed E-state index contributed by atoms with van der Waals surface area (Å²) in [7, 11) is 0. The van der Waals surface area contributed by atoms with E-state index >= 15 is 0 Å². The zero-order valence-electron chi connectivity index (χ0n) is 20.0. The average Bonchev–Trinajstić information content (AvgIpc) is 3.01. The molecular weight excluding hydrogens is 360 g/mol. The Morgan fingerprint density at radius 3 is 1.57 bits per heavy atom. The monoisotopic (exact) mass is 409 g/mol. The fourth-order valence-electron chi connectivity index (χ4n) is 11.3. The van der Waals surface area contributed by atoms with Crippen LogP contribution >= 0.6 is 0 Å². The van der Waals surface area contributed by atoms with Crippen LogP contribution in [0.3, 0.4) is 0 Å². The van der Waals surface area contributed by atoms with E-state index in [2.05, 4.69) is 5.92 Å². The number of fused-ring (bicyclic) bond motifs is 13. The van der Waals surface area contributed by atoms with Gasteiger partial charge in [0.05, 0.1) is 0 Å². The van der Waals surface area contributed by atoms with Crippen LogP contribution < -0.4 is 0 Å². The molecule has 7 saturated carbocycles. The molecule has 0 N–H and O–H groups in total. The lowest BCUT2D eigenvalue weighted by atomic mass is 9.35. The number of rotatable bonds is 2. The van der Waals surface area contributed by atoms with Crippen LogP contribution in [-0.2, 0) is 0 Å². The smallest absolute Gasteiger partial charge is 0.0122 e. The Kier molecular flexibility index (Phi) is 5.56. The highest BCUT2D eigenvalue weighted by Crippen LogP contribution is 2.75. The van der Waals surface area contributed by atoms with Crippen LogP contribution in [0.1, 0.15) is 148 Å². The van der Waals surface area contributed by atoms with Crippen molar-refractivity contribution in [2.45, 2.75) is 148 Å². The first-order valence-electron chi connectivity index (χ1n) is 14.6. The quantitative estimate of drug-likeness (QED) is 0.426. The van der Waals surface area contributed by atoms with Crippen molar-refractivity contribution in [1.29, 1.82) is 0 Å². The van der Waals surface area contributed by atoms with Crippen LogP contribution in [0, 0.1) is 39.9 Å². The van der Waals surface area contributed by atoms with E-state index in [1.807, 2.05) is 0 Å². The normalized spacial score (nSPS) is 50.2. The molecule has 0 aromatic heterocycles. The van der Waals surface area contributed by atoms with E-state index in [4.69, 9.17) is 0 Å². The summed E-state index contributed by atoms with van der Waals surface area (Å²) in [5.41, 5.74) is 2.07. The van der Waals surface area contributed by atoms with Crippen molar-refractivity contribution in [2.75, 3.05) is 0 Å². The minimum Gasteiger partial charge on any atom is -0.0525 e. The second kappa shape index (κ2) is 8.09. The van der Waals surface area contributed by atoms with Gasteiger partial charge in [0.2, 0.25) is 0 Å². The summed E-state index contributed by atoms with van der Waals surface area (Å²) in [6.45, 7) is 0. The fourth-order valence-corrected chi connectivity index (χ4v) is 11.3. The molecule has 7 aliphatic carbocycles. The SMILES string of the molecule is C1C[C]2CCCC(C1)CCC2(C12CCCC(CCC1)CC2)C12CCCC(CCC1)C2. The van der Waals surface area contributed by atoms with Gasteiger partial charge in [0, 0.05) is 0 Å². The van der Waals surface area contributed by atoms with Gasteiger partial charge in [-0.25, -0.2) is 0 Å². The first-order valence-corrected chi connectivity index (χ1v) is 14.6. The van der Waals surface area contributed by atoms with Gasteiger partial charge in [-0.05, 0) is 111 Å². The van der Waals surface area contributed by atoms with Crippen LogP contribution in [0.5, 0.6) is 0 Å². The minimum absolute atomic E-state index is 0.650. The van der Waals surface area contributed by atoms with E-state index < -0.39 is 0 Å². The fraction of sp³-hybridized carbons (Fsp3) is 0.967. The molecule has 7 rings (SSSR count). The molecule has 169 valence electrons. The Hall–Kier alpha value is 0. The van der Waals surface area contributed by atoms with Crippen molar-refractivity contribution in [3.8, 4) is 0 Å². The highest BCUT2D eigenvalue weighted by molar-refractivity contribution is 5.24. The first kappa shape index (κ1) is 20.6. The van der Waals surface area contributed by atoms with Crippen LogP contribution in [0.15, 0.2) is 0 Å². The highest BCUT2D eigenvalue weighted by Gasteiger charge is 2.66. The van der Waals surface area contributed by atoms with Crippen molar-refractivity contribution in [3.05, 3.63) is 5.92 Å². The molecule has 0 aromatic rings. The average molecular weight is 410 g/mol. The molecule has 30 heavy (non-hydrogen) atoms. The second-order valence-electron chi connectivity index (χ2n) is 13.3. The number of hydrogen-bond donors (Lipinski definition) is 0. The van der Waals surface area contributed by atoms with Gasteiger partial charge < -0.3 is 0 Å². The Bertz CT molecular complexity index is 573. The van der Waals surface area contributed by atoms with Crippen LogP contribution in [-0.4, -0.2) is 0 Å². The van der Waals surface area contributed by atoms with Crippen LogP contribution in [0.2, 0.25) is 0 Å². The molecule has 6 bridgehead atoms. The van der Waals surface area contributed by atoms with Crippen molar-refractivity contribution >= 4 is 0 Å². The zero-order valence-corrected chi connectivity index (χ0v) is 20.0. The molecule has 0 amide bonds. The zero-order chi connectivity index (χ0) is 20.1. The van der Waals surface area contributed by atoms with E-state index in [1.165, 1.54) is 12.8 Å². The molecule has 0 heteroatoms. The van der Waals surface area contributed by atoms with E-state index in [9.17, 15) is 0 Å². The Morgan fingerprint density at radius 1 is 0.433 bits per heavy atom. The van der Waals surface area contributed by atoms with Gasteiger partial charge in [0.15, 0.2) is 0 Å². The van der Waals surface area contributed by atoms with Crippen molar-refractivity contribution in [2.24, 2.45) is 34.0 Å². The van der Waals surface area contributed by atoms with Crippen molar-refractivity contribution in [1.82, 2.24) is 0 Å². The van der Waals surface area contributed by atoms with Gasteiger partial charge in [-0.3, -0.25) is 0 Å². The standard InChI is InChI=1S/C30H49/c1-7-24-8-2-14-27(13-1)30(22-16-24,29-19-5-11-26(23-29)12-6-20-29)28-17-3-9-25(15-21-28)10-4-18-28/h24-26H,1-23H2. The van der Waals surface area contributed by atoms with Crippen molar-refractivity contribution < 1.29 is 0 Å². The summed E-state index contributed by atoms with van der Waals surface area (Å²) >= 11 is 0. The van der Waals surface area contributed by atoms with Crippen molar-refractivity contribution in [3.63, 3.8) is 0 Å². The number of hydrogen-bond acceptors (Lipinski definition) is 0. The third-order valence-electron chi connectivity index (χ3n) is 12.3. The summed E-state index contributed by atoms with van der Waals surface area (Å²) in [5, 5.41) is 0. The summed E-state index contributed by atoms with van der Waals surface area (Å²) in [5.74, 6) is 5.44. The summed E-state index contributed by atoms with van der Waals surface area (Å²) in [6.07, 6.45) is 36.4. The Morgan fingerprint density at radius 2 is 0.933 bits per heavy atom. The second-order valence-corrected chi connectivity index (χ2v) is 13.3. The van der Waals surface area contributed by atoms with Crippen LogP contribution in [0.25, 0.3) is 0 Å². The van der Waals surface area contributed by atoms with Gasteiger partial charge >= 0.3 is 0 Å². The third kappa shape index (κ3) is 3.11. The topological polar surface area (TPSA) is 0 Å². The molecule has 0 nitrogen and oxygen atoms in total. The molecule has 0 aliphatic heterocycles. The lowest BCUT2D eigenvalue weighted by Crippen LogP contribution is -2.60. The molecule has 0 saturated heterocycles. The van der Waals surface area contributed by atoms with Gasteiger partial charge in [-0.15, -0.1) is 0 Å². The predicted molar refractivity (Wildman–Crippen MR) is 127 cm³/mol. The molecule has 0 aromatic carbocycles. The first-order chi connectivity index (χ1) is 14.8. The van der Waals surface area contributed by atoms with E-state index in [0.717, 1.165) is 17.8 Å². The molecule has 0 spiro atoms. The van der Waals surface area contributed by atoms with Gasteiger partial charge in [-0.1, -0.05) is 77.0 Å². The summed E-state index contributed by atoms with van der Waals surface area (Å²) in [4.78, 5) is 0. The van der Waals surface area contributed by atoms with Gasteiger partial charge in [0.25, 0.3) is 0 Å². The predicted octanol–water partition coefficient (Wildman–Crippen LogP) is 9.42. The van der Waals surface area contributed by atoms with Gasteiger partial charge in [0.1, 0.15) is 0 Å². The largest absolute Gasteiger partial charge is 0.0525 e. The third-order valence-corrected chi connectivity index (χ3v) is 12.3. The highest BCUT2D eigenvalue weighted by atomic mass is 14.7. The molecule has 1 unspecified atom stereocenters.